The number of nitrogens with zero attached hydrogens (tertiary/aromatic N) is 2. The van der Waals surface area contributed by atoms with Gasteiger partial charge in [-0.05, 0) is 55.0 Å². The number of carbonyl (C=O) groups is 3. The molecule has 0 aromatic heterocycles. The molecule has 0 unspecified atom stereocenters. The Morgan fingerprint density at radius 1 is 0.811 bits per heavy atom. The summed E-state index contributed by atoms with van der Waals surface area (Å²) in [5.41, 5.74) is -1.77. The molecule has 9 heteroatoms. The van der Waals surface area contributed by atoms with E-state index in [1.807, 2.05) is 6.92 Å². The summed E-state index contributed by atoms with van der Waals surface area (Å²) in [6.07, 6.45) is -3.21. The maximum atomic E-state index is 14.0. The van der Waals surface area contributed by atoms with Crippen molar-refractivity contribution < 1.29 is 32.3 Å². The number of anilines is 2. The third kappa shape index (κ3) is 5.07. The summed E-state index contributed by atoms with van der Waals surface area (Å²) in [6, 6.07) is 20.9. The molecule has 4 rings (SSSR count). The van der Waals surface area contributed by atoms with Crippen LogP contribution in [0.4, 0.5) is 24.5 Å². The second-order valence-corrected chi connectivity index (χ2v) is 8.74. The van der Waals surface area contributed by atoms with Gasteiger partial charge in [-0.15, -0.1) is 0 Å². The summed E-state index contributed by atoms with van der Waals surface area (Å²) in [4.78, 5) is 40.7. The van der Waals surface area contributed by atoms with Crippen molar-refractivity contribution in [3.63, 3.8) is 0 Å². The number of ether oxygens (including phenoxy) is 1. The van der Waals surface area contributed by atoms with Gasteiger partial charge >= 0.3 is 12.1 Å². The number of alkyl halides is 3. The van der Waals surface area contributed by atoms with Gasteiger partial charge in [-0.3, -0.25) is 9.59 Å². The molecule has 2 amide bonds. The number of halogens is 3. The molecule has 1 aliphatic rings. The average Bonchev–Trinajstić information content (AvgIpc) is 3.13. The summed E-state index contributed by atoms with van der Waals surface area (Å²) < 4.78 is 44.1. The van der Waals surface area contributed by atoms with Crippen LogP contribution in [0.1, 0.15) is 42.1 Å². The van der Waals surface area contributed by atoms with Crippen molar-refractivity contribution in [3.8, 4) is 0 Å². The summed E-state index contributed by atoms with van der Waals surface area (Å²) in [5.74, 6) is -2.00. The Morgan fingerprint density at radius 2 is 1.30 bits per heavy atom. The minimum atomic E-state index is -4.54. The molecule has 3 aromatic rings. The zero-order valence-electron chi connectivity index (χ0n) is 20.1. The van der Waals surface area contributed by atoms with Crippen LogP contribution in [0, 0.1) is 5.41 Å². The van der Waals surface area contributed by atoms with Gasteiger partial charge in [0.25, 0.3) is 11.8 Å². The van der Waals surface area contributed by atoms with E-state index in [9.17, 15) is 27.6 Å². The van der Waals surface area contributed by atoms with Crippen LogP contribution in [0.25, 0.3) is 0 Å². The van der Waals surface area contributed by atoms with Gasteiger partial charge in [-0.2, -0.15) is 13.2 Å². The van der Waals surface area contributed by atoms with Gasteiger partial charge in [0.2, 0.25) is 0 Å². The van der Waals surface area contributed by atoms with E-state index in [-0.39, 0.29) is 12.0 Å². The average molecular weight is 511 g/mol. The Balaban J connectivity index is 1.68. The van der Waals surface area contributed by atoms with E-state index in [1.165, 1.54) is 10.0 Å². The Labute approximate surface area is 212 Å². The summed E-state index contributed by atoms with van der Waals surface area (Å²) in [5, 5.41) is 2.58. The molecule has 1 saturated heterocycles. The molecule has 1 aliphatic heterocycles. The highest BCUT2D eigenvalue weighted by Gasteiger charge is 2.59. The van der Waals surface area contributed by atoms with Gasteiger partial charge < -0.3 is 4.74 Å². The van der Waals surface area contributed by atoms with Crippen molar-refractivity contribution in [2.45, 2.75) is 32.4 Å². The first-order valence-electron chi connectivity index (χ1n) is 11.8. The molecule has 0 N–H and O–H groups in total. The van der Waals surface area contributed by atoms with Gasteiger partial charge in [-0.1, -0.05) is 56.2 Å². The largest absolute Gasteiger partial charge is 0.460 e. The van der Waals surface area contributed by atoms with Crippen molar-refractivity contribution in [3.05, 3.63) is 96.1 Å². The van der Waals surface area contributed by atoms with Crippen LogP contribution in [0.3, 0.4) is 0 Å². The normalized spacial score (nSPS) is 15.2. The minimum Gasteiger partial charge on any atom is -0.460 e. The third-order valence-corrected chi connectivity index (χ3v) is 6.26. The van der Waals surface area contributed by atoms with Crippen LogP contribution in [0.2, 0.25) is 0 Å². The first-order chi connectivity index (χ1) is 17.7. The lowest BCUT2D eigenvalue weighted by Crippen LogP contribution is -2.41. The fraction of sp³-hybridized carbons (Fsp3) is 0.250. The van der Waals surface area contributed by atoms with Crippen molar-refractivity contribution in [1.29, 1.82) is 0 Å². The molecule has 0 atom stereocenters. The predicted molar refractivity (Wildman–Crippen MR) is 132 cm³/mol. The molecule has 0 bridgehead atoms. The maximum Gasteiger partial charge on any atom is 0.416 e. The zero-order chi connectivity index (χ0) is 26.6. The molecule has 0 radical (unpaired) electrons. The lowest BCUT2D eigenvalue weighted by Gasteiger charge is -2.27. The van der Waals surface area contributed by atoms with E-state index in [0.717, 1.165) is 24.3 Å². The number of hydrazine groups is 1. The first kappa shape index (κ1) is 25.9. The molecule has 37 heavy (non-hydrogen) atoms. The lowest BCUT2D eigenvalue weighted by atomic mass is 9.82. The van der Waals surface area contributed by atoms with Crippen molar-refractivity contribution >= 4 is 29.2 Å². The summed E-state index contributed by atoms with van der Waals surface area (Å²) in [6.45, 7) is 1.37. The molecule has 3 aromatic carbocycles. The fourth-order valence-corrected chi connectivity index (χ4v) is 4.24. The van der Waals surface area contributed by atoms with Crippen LogP contribution in [0.15, 0.2) is 84.9 Å². The fourth-order valence-electron chi connectivity index (χ4n) is 4.24. The van der Waals surface area contributed by atoms with E-state index >= 15 is 0 Å². The zero-order valence-corrected chi connectivity index (χ0v) is 20.1. The number of hydrogen-bond acceptors (Lipinski definition) is 4. The van der Waals surface area contributed by atoms with Crippen LogP contribution < -0.4 is 10.0 Å². The van der Waals surface area contributed by atoms with Gasteiger partial charge in [0, 0.05) is 0 Å². The number of unbranched alkanes of at least 4 members (excludes halogenated alkanes) is 1. The predicted octanol–water partition coefficient (Wildman–Crippen LogP) is 6.03. The van der Waals surface area contributed by atoms with E-state index in [0.29, 0.717) is 24.2 Å². The molecule has 1 fully saturated rings. The standard InChI is InChI=1S/C28H25F3N2O4/c1-2-3-18-27(19-37-24(34)20-14-16-21(17-15-20)28(29,30)31)25(35)32(22-10-6-4-7-11-22)33(26(27)36)23-12-8-5-9-13-23/h4-17H,2-3,18-19H2,1H3. The number of para-hydroxylation sites is 2. The van der Waals surface area contributed by atoms with Crippen LogP contribution in [-0.2, 0) is 20.5 Å². The molecule has 1 heterocycles. The number of hydrogen-bond donors (Lipinski definition) is 0. The molecule has 0 aliphatic carbocycles. The third-order valence-electron chi connectivity index (χ3n) is 6.26. The SMILES string of the molecule is CCCCC1(COC(=O)c2ccc(C(F)(F)F)cc2)C(=O)N(c2ccccc2)N(c2ccccc2)C1=O. The molecular weight excluding hydrogens is 485 g/mol. The van der Waals surface area contributed by atoms with E-state index in [4.69, 9.17) is 4.74 Å². The first-order valence-corrected chi connectivity index (χ1v) is 11.8. The maximum absolute atomic E-state index is 14.0. The second-order valence-electron chi connectivity index (χ2n) is 8.74. The summed E-state index contributed by atoms with van der Waals surface area (Å²) in [7, 11) is 0. The van der Waals surface area contributed by atoms with Crippen LogP contribution >= 0.6 is 0 Å². The number of amides is 2. The molecular formula is C28H25F3N2O4. The molecule has 0 spiro atoms. The second kappa shape index (κ2) is 10.5. The van der Waals surface area contributed by atoms with Crippen LogP contribution in [0.5, 0.6) is 0 Å². The number of carbonyl (C=O) groups excluding carboxylic acids is 3. The molecule has 6 nitrogen and oxygen atoms in total. The van der Waals surface area contributed by atoms with E-state index < -0.39 is 41.5 Å². The van der Waals surface area contributed by atoms with Crippen molar-refractivity contribution in [2.24, 2.45) is 5.41 Å². The topological polar surface area (TPSA) is 66.9 Å². The van der Waals surface area contributed by atoms with E-state index in [1.54, 1.807) is 60.7 Å². The monoisotopic (exact) mass is 510 g/mol. The van der Waals surface area contributed by atoms with Gasteiger partial charge in [-0.25, -0.2) is 14.8 Å². The van der Waals surface area contributed by atoms with Gasteiger partial charge in [0.15, 0.2) is 5.41 Å². The Morgan fingerprint density at radius 3 is 1.73 bits per heavy atom. The highest BCUT2D eigenvalue weighted by atomic mass is 19.4. The lowest BCUT2D eigenvalue weighted by molar-refractivity contribution is -0.139. The van der Waals surface area contributed by atoms with Crippen LogP contribution in [-0.4, -0.2) is 24.4 Å². The Hall–Kier alpha value is -4.14. The number of rotatable bonds is 8. The highest BCUT2D eigenvalue weighted by Crippen LogP contribution is 2.42. The Bertz CT molecular complexity index is 1200. The smallest absolute Gasteiger partial charge is 0.416 e. The minimum absolute atomic E-state index is 0.114. The number of benzene rings is 3. The Kier molecular flexibility index (Phi) is 7.33. The quantitative estimate of drug-likeness (QED) is 0.274. The number of esters is 1. The van der Waals surface area contributed by atoms with Gasteiger partial charge in [0.1, 0.15) is 6.61 Å². The molecule has 192 valence electrons. The van der Waals surface area contributed by atoms with E-state index in [2.05, 4.69) is 0 Å². The summed E-state index contributed by atoms with van der Waals surface area (Å²) >= 11 is 0. The highest BCUT2D eigenvalue weighted by molar-refractivity contribution is 6.26. The molecule has 0 saturated carbocycles. The van der Waals surface area contributed by atoms with Gasteiger partial charge in [0.05, 0.1) is 22.5 Å². The van der Waals surface area contributed by atoms with Crippen molar-refractivity contribution in [1.82, 2.24) is 0 Å². The van der Waals surface area contributed by atoms with Crippen molar-refractivity contribution in [2.75, 3.05) is 16.6 Å².